The summed E-state index contributed by atoms with van der Waals surface area (Å²) in [6, 6.07) is 10.3. The maximum atomic E-state index is 9.86. The summed E-state index contributed by atoms with van der Waals surface area (Å²) in [6.07, 6.45) is 0. The van der Waals surface area contributed by atoms with E-state index in [1.807, 2.05) is 36.4 Å². The summed E-state index contributed by atoms with van der Waals surface area (Å²) in [4.78, 5) is 0. The molecule has 0 amide bonds. The maximum absolute atomic E-state index is 9.86. The van der Waals surface area contributed by atoms with Gasteiger partial charge in [-0.3, -0.25) is 0 Å². The molecular formula is C24H16BNO2S. The summed E-state index contributed by atoms with van der Waals surface area (Å²) in [5.41, 5.74) is 0.107. The van der Waals surface area contributed by atoms with Gasteiger partial charge in [0.05, 0.1) is 20.6 Å². The zero-order valence-electron chi connectivity index (χ0n) is 21.9. The summed E-state index contributed by atoms with van der Waals surface area (Å²) >= 11 is 1.61. The van der Waals surface area contributed by atoms with Crippen LogP contribution in [0.3, 0.4) is 0 Å². The molecule has 6 rings (SSSR count). The van der Waals surface area contributed by atoms with Gasteiger partial charge in [0.2, 0.25) is 0 Å². The van der Waals surface area contributed by atoms with Crippen LogP contribution in [0.1, 0.15) is 9.60 Å². The molecule has 6 aromatic rings. The van der Waals surface area contributed by atoms with Gasteiger partial charge in [0.15, 0.2) is 0 Å². The first-order valence-electron chi connectivity index (χ1n) is 12.4. The fraction of sp³-hybridized carbons (Fsp3) is 0. The predicted molar refractivity (Wildman–Crippen MR) is 123 cm³/mol. The third-order valence-corrected chi connectivity index (χ3v) is 6.21. The molecule has 0 saturated heterocycles. The molecule has 29 heavy (non-hydrogen) atoms. The Bertz CT molecular complexity index is 1920. The van der Waals surface area contributed by atoms with Crippen LogP contribution in [0.5, 0.6) is 0 Å². The van der Waals surface area contributed by atoms with Gasteiger partial charge in [-0.25, -0.2) is 0 Å². The highest BCUT2D eigenvalue weighted by Crippen LogP contribution is 2.37. The molecule has 0 atom stereocenters. The van der Waals surface area contributed by atoms with Crippen LogP contribution in [-0.2, 0) is 0 Å². The average Bonchev–Trinajstić information content (AvgIpc) is 3.41. The minimum atomic E-state index is -2.19. The molecule has 3 nitrogen and oxygen atoms in total. The van der Waals surface area contributed by atoms with Crippen molar-refractivity contribution in [2.45, 2.75) is 0 Å². The van der Waals surface area contributed by atoms with E-state index in [1.165, 1.54) is 4.57 Å². The van der Waals surface area contributed by atoms with Gasteiger partial charge in [-0.1, -0.05) is 48.4 Å². The minimum Gasteiger partial charge on any atom is -0.423 e. The third kappa shape index (κ3) is 2.45. The molecule has 0 radical (unpaired) electrons. The second-order valence-electron chi connectivity index (χ2n) is 6.72. The number of fused-ring (bicyclic) bond motifs is 6. The molecule has 4 aromatic carbocycles. The quantitative estimate of drug-likeness (QED) is 0.409. The largest absolute Gasteiger partial charge is 0.488 e. The van der Waals surface area contributed by atoms with Gasteiger partial charge in [-0.05, 0) is 41.8 Å². The predicted octanol–water partition coefficient (Wildman–Crippen LogP) is 4.83. The van der Waals surface area contributed by atoms with Crippen molar-refractivity contribution < 1.29 is 19.6 Å². The SMILES string of the molecule is [2H]c1c([2H])c([2H])c2c(c1[2H])c1c([2H])c(B(O)O)c([2H])c([2H])c1n2-c1ccc2sc3ccccc3c2c1. The number of para-hydroxylation sites is 1. The van der Waals surface area contributed by atoms with Crippen LogP contribution in [0.25, 0.3) is 47.7 Å². The number of benzene rings is 4. The molecule has 0 bridgehead atoms. The Morgan fingerprint density at radius 3 is 2.48 bits per heavy atom. The van der Waals surface area contributed by atoms with Gasteiger partial charge in [0.25, 0.3) is 0 Å². The smallest absolute Gasteiger partial charge is 0.423 e. The van der Waals surface area contributed by atoms with Crippen LogP contribution in [0.4, 0.5) is 0 Å². The molecule has 0 spiro atoms. The van der Waals surface area contributed by atoms with Crippen LogP contribution in [0.2, 0.25) is 0 Å². The Labute approximate surface area is 181 Å². The van der Waals surface area contributed by atoms with Crippen molar-refractivity contribution in [2.24, 2.45) is 0 Å². The van der Waals surface area contributed by atoms with E-state index in [0.29, 0.717) is 5.69 Å². The van der Waals surface area contributed by atoms with Crippen LogP contribution in [0, 0.1) is 0 Å². The van der Waals surface area contributed by atoms with Crippen LogP contribution in [0.15, 0.2) is 84.8 Å². The number of hydrogen-bond donors (Lipinski definition) is 2. The van der Waals surface area contributed by atoms with Crippen molar-refractivity contribution in [3.63, 3.8) is 0 Å². The monoisotopic (exact) mass is 400 g/mol. The van der Waals surface area contributed by atoms with Crippen LogP contribution in [-0.4, -0.2) is 21.7 Å². The van der Waals surface area contributed by atoms with Crippen LogP contribution >= 0.6 is 11.3 Å². The highest BCUT2D eigenvalue weighted by atomic mass is 32.1. The summed E-state index contributed by atoms with van der Waals surface area (Å²) < 4.78 is 63.1. The van der Waals surface area contributed by atoms with Gasteiger partial charge in [0, 0.05) is 36.6 Å². The lowest BCUT2D eigenvalue weighted by Gasteiger charge is -2.09. The van der Waals surface area contributed by atoms with E-state index in [-0.39, 0.29) is 27.8 Å². The van der Waals surface area contributed by atoms with E-state index in [4.69, 9.17) is 9.60 Å². The molecule has 2 heterocycles. The zero-order valence-corrected chi connectivity index (χ0v) is 15.7. The Morgan fingerprint density at radius 2 is 1.59 bits per heavy atom. The second-order valence-corrected chi connectivity index (χ2v) is 7.81. The first-order valence-corrected chi connectivity index (χ1v) is 9.77. The molecule has 0 aliphatic carbocycles. The molecule has 0 fully saturated rings. The zero-order chi connectivity index (χ0) is 25.6. The van der Waals surface area contributed by atoms with Gasteiger partial charge >= 0.3 is 7.12 Å². The molecule has 0 aliphatic heterocycles. The Morgan fingerprint density at radius 1 is 0.793 bits per heavy atom. The molecule has 2 aromatic heterocycles. The van der Waals surface area contributed by atoms with E-state index in [1.54, 1.807) is 17.4 Å². The number of aromatic nitrogens is 1. The highest BCUT2D eigenvalue weighted by molar-refractivity contribution is 7.25. The summed E-state index contributed by atoms with van der Waals surface area (Å²) in [6.45, 7) is 0. The van der Waals surface area contributed by atoms with Crippen LogP contribution < -0.4 is 5.46 Å². The molecule has 0 unspecified atom stereocenters. The van der Waals surface area contributed by atoms with Crippen molar-refractivity contribution in [3.8, 4) is 5.69 Å². The fourth-order valence-electron chi connectivity index (χ4n) is 3.77. The lowest BCUT2D eigenvalue weighted by atomic mass is 9.80. The van der Waals surface area contributed by atoms with Crippen molar-refractivity contribution in [1.29, 1.82) is 0 Å². The minimum absolute atomic E-state index is 0.00771. The van der Waals surface area contributed by atoms with Gasteiger partial charge in [0.1, 0.15) is 0 Å². The molecular weight excluding hydrogens is 377 g/mol. The van der Waals surface area contributed by atoms with Crippen molar-refractivity contribution in [3.05, 3.63) is 84.8 Å². The number of thiophene rings is 1. The Kier molecular flexibility index (Phi) is 2.38. The number of nitrogens with zero attached hydrogens (tertiary/aromatic N) is 1. The van der Waals surface area contributed by atoms with E-state index >= 15 is 0 Å². The first kappa shape index (κ1) is 11.2. The molecule has 0 aliphatic rings. The van der Waals surface area contributed by atoms with Gasteiger partial charge in [-0.2, -0.15) is 0 Å². The molecule has 138 valence electrons. The summed E-state index contributed by atoms with van der Waals surface area (Å²) in [5, 5.41) is 21.6. The van der Waals surface area contributed by atoms with Gasteiger partial charge < -0.3 is 14.6 Å². The first-order chi connectivity index (χ1) is 17.1. The fourth-order valence-corrected chi connectivity index (χ4v) is 4.86. The Balaban J connectivity index is 1.88. The highest BCUT2D eigenvalue weighted by Gasteiger charge is 2.17. The molecule has 2 N–H and O–H groups in total. The van der Waals surface area contributed by atoms with Crippen molar-refractivity contribution >= 4 is 65.9 Å². The third-order valence-electron chi connectivity index (χ3n) is 5.05. The van der Waals surface area contributed by atoms with E-state index < -0.39 is 48.8 Å². The number of hydrogen-bond acceptors (Lipinski definition) is 3. The lowest BCUT2D eigenvalue weighted by Crippen LogP contribution is -2.29. The lowest BCUT2D eigenvalue weighted by molar-refractivity contribution is 0.426. The Hall–Kier alpha value is -3.12. The van der Waals surface area contributed by atoms with Crippen molar-refractivity contribution in [2.75, 3.05) is 0 Å². The summed E-state index contributed by atoms with van der Waals surface area (Å²) in [7, 11) is -2.19. The topological polar surface area (TPSA) is 45.4 Å². The van der Waals surface area contributed by atoms with Gasteiger partial charge in [-0.15, -0.1) is 11.3 Å². The van der Waals surface area contributed by atoms with E-state index in [2.05, 4.69) is 0 Å². The molecule has 0 saturated carbocycles. The average molecular weight is 400 g/mol. The normalized spacial score (nSPS) is 15.2. The standard InChI is InChI=1S/C24H16BNO2S/c27-25(28)15-9-11-22-19(13-15)17-5-1-3-7-21(17)26(22)16-10-12-24-20(14-16)18-6-2-4-8-23(18)29-24/h1-14,27-28H/i1D,3D,5D,7D,9D,11D,13D. The van der Waals surface area contributed by atoms with E-state index in [0.717, 1.165) is 20.2 Å². The maximum Gasteiger partial charge on any atom is 0.488 e. The second kappa shape index (κ2) is 6.19. The number of rotatable bonds is 2. The molecule has 5 heteroatoms. The van der Waals surface area contributed by atoms with Crippen molar-refractivity contribution in [1.82, 2.24) is 4.57 Å². The van der Waals surface area contributed by atoms with E-state index in [9.17, 15) is 10.0 Å². The summed E-state index contributed by atoms with van der Waals surface area (Å²) in [5.74, 6) is 0.